The second kappa shape index (κ2) is 20.8. The summed E-state index contributed by atoms with van der Waals surface area (Å²) in [4.78, 5) is 90.3. The molecule has 3 aromatic carbocycles. The highest BCUT2D eigenvalue weighted by atomic mass is 16.6. The van der Waals surface area contributed by atoms with E-state index in [2.05, 4.69) is 36.0 Å². The number of likely N-dealkylation sites (tertiary alicyclic amines) is 3. The molecule has 1 atom stereocenters. The first-order valence-electron chi connectivity index (χ1n) is 24.4. The summed E-state index contributed by atoms with van der Waals surface area (Å²) in [5.41, 5.74) is 5.29. The molecule has 0 aliphatic carbocycles. The molecule has 368 valence electrons. The van der Waals surface area contributed by atoms with Crippen LogP contribution in [0.1, 0.15) is 107 Å². The lowest BCUT2D eigenvalue weighted by Crippen LogP contribution is -2.55. The van der Waals surface area contributed by atoms with Crippen LogP contribution in [0.3, 0.4) is 0 Å². The van der Waals surface area contributed by atoms with E-state index in [4.69, 9.17) is 9.47 Å². The third-order valence-electron chi connectivity index (χ3n) is 13.7. The Morgan fingerprint density at radius 3 is 2.40 bits per heavy atom. The van der Waals surface area contributed by atoms with E-state index in [1.165, 1.54) is 24.2 Å². The van der Waals surface area contributed by atoms with Crippen LogP contribution in [0.2, 0.25) is 0 Å². The minimum Gasteiger partial charge on any atom is -0.494 e. The van der Waals surface area contributed by atoms with Gasteiger partial charge in [-0.25, -0.2) is 19.5 Å². The van der Waals surface area contributed by atoms with Gasteiger partial charge in [0.1, 0.15) is 23.9 Å². The Morgan fingerprint density at radius 1 is 0.857 bits per heavy atom. The molecule has 0 bridgehead atoms. The zero-order valence-corrected chi connectivity index (χ0v) is 40.0. The van der Waals surface area contributed by atoms with E-state index in [1.54, 1.807) is 29.4 Å². The lowest BCUT2D eigenvalue weighted by atomic mass is 9.92. The Hall–Kier alpha value is -7.28. The maximum Gasteiger partial charge on any atom is 0.411 e. The van der Waals surface area contributed by atoms with Gasteiger partial charge in [0, 0.05) is 84.3 Å². The number of hydrogen-bond acceptors (Lipinski definition) is 11. The van der Waals surface area contributed by atoms with Crippen LogP contribution >= 0.6 is 0 Å². The minimum atomic E-state index is -0.920. The minimum absolute atomic E-state index is 0.0212. The van der Waals surface area contributed by atoms with Crippen LogP contribution in [0.4, 0.5) is 26.8 Å². The lowest BCUT2D eigenvalue weighted by Gasteiger charge is -2.40. The van der Waals surface area contributed by atoms with Crippen LogP contribution in [0, 0.1) is 0 Å². The average Bonchev–Trinajstić information content (AvgIpc) is 4.10. The van der Waals surface area contributed by atoms with Gasteiger partial charge in [0.2, 0.25) is 11.8 Å². The van der Waals surface area contributed by atoms with Gasteiger partial charge in [-0.3, -0.25) is 34.2 Å². The molecule has 9 rings (SSSR count). The van der Waals surface area contributed by atoms with Gasteiger partial charge in [-0.2, -0.15) is 5.10 Å². The summed E-state index contributed by atoms with van der Waals surface area (Å²) in [6.45, 7) is 9.42. The standard InChI is InChI=1S/C51H61N11O8/c1-51(2,3)43-29-44(57-56-43)55-49(67)53-33-13-15-35(16-14-33)61-31-52-40-28-36(17-18-41(40)61)69-27-8-5-12-45(63)54-39-11-9-10-37-38(39)30-60(47(37)65)42-19-20-46(64)62(48(42)66)32-70-50(68)59-25-21-34(22-26-59)58-23-6-4-7-24-58/h9-11,13-18,28-29,31,34,42H,4-8,12,19-27,30,32H2,1-3H3,(H,54,63)(H3,53,55,56,57,67). The van der Waals surface area contributed by atoms with Gasteiger partial charge in [0.05, 0.1) is 23.3 Å². The molecule has 6 heterocycles. The van der Waals surface area contributed by atoms with Crippen molar-refractivity contribution in [2.45, 2.75) is 109 Å². The fraction of sp³-hybridized carbons (Fsp3) is 0.451. The zero-order chi connectivity index (χ0) is 48.9. The highest BCUT2D eigenvalue weighted by molar-refractivity contribution is 6.07. The third-order valence-corrected chi connectivity index (χ3v) is 13.7. The molecule has 3 fully saturated rings. The first-order chi connectivity index (χ1) is 33.8. The Morgan fingerprint density at radius 2 is 1.64 bits per heavy atom. The van der Waals surface area contributed by atoms with Crippen molar-refractivity contribution in [2.24, 2.45) is 0 Å². The van der Waals surface area contributed by atoms with E-state index in [0.717, 1.165) is 53.2 Å². The predicted molar refractivity (Wildman–Crippen MR) is 262 cm³/mol. The Balaban J connectivity index is 0.707. The molecule has 0 saturated carbocycles. The summed E-state index contributed by atoms with van der Waals surface area (Å²) in [6, 6.07) is 19.2. The molecule has 4 aliphatic rings. The lowest BCUT2D eigenvalue weighted by molar-refractivity contribution is -0.157. The number of imide groups is 1. The summed E-state index contributed by atoms with van der Waals surface area (Å²) in [6.07, 6.45) is 8.15. The monoisotopic (exact) mass is 955 g/mol. The summed E-state index contributed by atoms with van der Waals surface area (Å²) in [7, 11) is 0. The van der Waals surface area contributed by atoms with Gasteiger partial charge in [0.15, 0.2) is 6.73 Å². The van der Waals surface area contributed by atoms with E-state index in [0.29, 0.717) is 72.6 Å². The van der Waals surface area contributed by atoms with E-state index in [1.807, 2.05) is 73.9 Å². The highest BCUT2D eigenvalue weighted by Gasteiger charge is 2.44. The number of hydrogen-bond donors (Lipinski definition) is 4. The number of fused-ring (bicyclic) bond motifs is 2. The number of urea groups is 1. The molecule has 4 aliphatic heterocycles. The molecule has 0 radical (unpaired) electrons. The second-order valence-corrected chi connectivity index (χ2v) is 19.5. The van der Waals surface area contributed by atoms with Crippen molar-refractivity contribution in [2.75, 3.05) is 55.5 Å². The number of nitrogens with one attached hydrogen (secondary N) is 4. The predicted octanol–water partition coefficient (Wildman–Crippen LogP) is 7.40. The van der Waals surface area contributed by atoms with Crippen molar-refractivity contribution in [3.63, 3.8) is 0 Å². The van der Waals surface area contributed by atoms with Gasteiger partial charge in [0.25, 0.3) is 11.8 Å². The molecule has 5 aromatic rings. The Bertz CT molecular complexity index is 2750. The molecule has 3 saturated heterocycles. The molecular weight excluding hydrogens is 895 g/mol. The molecule has 2 aromatic heterocycles. The van der Waals surface area contributed by atoms with Crippen molar-refractivity contribution in [1.82, 2.24) is 39.3 Å². The topological polar surface area (TPSA) is 216 Å². The molecule has 7 amide bonds. The third kappa shape index (κ3) is 10.8. The highest BCUT2D eigenvalue weighted by Crippen LogP contribution is 2.34. The van der Waals surface area contributed by atoms with Crippen LogP contribution in [0.25, 0.3) is 16.7 Å². The van der Waals surface area contributed by atoms with Crippen LogP contribution in [0.15, 0.2) is 73.1 Å². The summed E-state index contributed by atoms with van der Waals surface area (Å²) in [5.74, 6) is -0.455. The molecule has 0 spiro atoms. The van der Waals surface area contributed by atoms with Crippen molar-refractivity contribution in [3.05, 3.63) is 89.9 Å². The van der Waals surface area contributed by atoms with E-state index < -0.39 is 30.7 Å². The number of anilines is 3. The number of amides is 7. The van der Waals surface area contributed by atoms with Gasteiger partial charge >= 0.3 is 12.1 Å². The van der Waals surface area contributed by atoms with Crippen LogP contribution < -0.4 is 20.7 Å². The fourth-order valence-electron chi connectivity index (χ4n) is 9.72. The number of imidazole rings is 1. The number of ether oxygens (including phenoxy) is 2. The van der Waals surface area contributed by atoms with E-state index in [-0.39, 0.29) is 49.1 Å². The van der Waals surface area contributed by atoms with Crippen LogP contribution in [0.5, 0.6) is 5.75 Å². The quantitative estimate of drug-likeness (QED) is 0.0636. The maximum absolute atomic E-state index is 13.8. The molecule has 1 unspecified atom stereocenters. The number of rotatable bonds is 14. The average molecular weight is 956 g/mol. The maximum atomic E-state index is 13.8. The normalized spacial score (nSPS) is 18.0. The van der Waals surface area contributed by atoms with Crippen molar-refractivity contribution < 1.29 is 38.2 Å². The number of benzene rings is 3. The largest absolute Gasteiger partial charge is 0.494 e. The zero-order valence-electron chi connectivity index (χ0n) is 40.0. The Labute approximate surface area is 406 Å². The first kappa shape index (κ1) is 47.8. The molecule has 70 heavy (non-hydrogen) atoms. The number of unbranched alkanes of at least 4 members (excludes halogenated alkanes) is 1. The van der Waals surface area contributed by atoms with Gasteiger partial charge < -0.3 is 34.8 Å². The molecule has 4 N–H and O–H groups in total. The first-order valence-corrected chi connectivity index (χ1v) is 24.4. The van der Waals surface area contributed by atoms with Crippen LogP contribution in [-0.4, -0.2) is 127 Å². The Kier molecular flexibility index (Phi) is 14.2. The summed E-state index contributed by atoms with van der Waals surface area (Å²) < 4.78 is 13.5. The summed E-state index contributed by atoms with van der Waals surface area (Å²) >= 11 is 0. The van der Waals surface area contributed by atoms with Gasteiger partial charge in [-0.1, -0.05) is 33.3 Å². The van der Waals surface area contributed by atoms with Crippen LogP contribution in [-0.2, 0) is 31.1 Å². The number of nitrogens with zero attached hydrogens (tertiary/aromatic N) is 7. The fourth-order valence-corrected chi connectivity index (χ4v) is 9.72. The molecule has 19 heteroatoms. The SMILES string of the molecule is CC(C)(C)c1cc(NC(=O)Nc2ccc(-n3cnc4cc(OCCCCC(=O)Nc5cccc6c5CN(C5CCC(=O)N(COC(=O)N7CCC(N8CCCCC8)CC7)C5=O)C6=O)ccc43)cc2)[nH]n1. The molecule has 19 nitrogen and oxygen atoms in total. The van der Waals surface area contributed by atoms with Crippen molar-refractivity contribution in [3.8, 4) is 11.4 Å². The van der Waals surface area contributed by atoms with Crippen molar-refractivity contribution in [1.29, 1.82) is 0 Å². The number of aromatic nitrogens is 4. The number of carbonyl (C=O) groups excluding carboxylic acids is 6. The number of H-pyrrole nitrogens is 1. The van der Waals surface area contributed by atoms with Crippen molar-refractivity contribution >= 4 is 64.0 Å². The van der Waals surface area contributed by atoms with E-state index >= 15 is 0 Å². The smallest absolute Gasteiger partial charge is 0.411 e. The van der Waals surface area contributed by atoms with Gasteiger partial charge in [-0.15, -0.1) is 0 Å². The van der Waals surface area contributed by atoms with E-state index in [9.17, 15) is 28.8 Å². The number of aromatic amines is 1. The molecular formula is C51H61N11O8. The van der Waals surface area contributed by atoms with Gasteiger partial charge in [-0.05, 0) is 107 Å². The number of carbonyl (C=O) groups is 6. The summed E-state index contributed by atoms with van der Waals surface area (Å²) in [5, 5.41) is 15.7. The second-order valence-electron chi connectivity index (χ2n) is 19.5. The number of piperidine rings is 3.